The van der Waals surface area contributed by atoms with E-state index in [9.17, 15) is 4.79 Å². The van der Waals surface area contributed by atoms with E-state index in [2.05, 4.69) is 31.5 Å². The van der Waals surface area contributed by atoms with Gasteiger partial charge in [0.05, 0.1) is 5.92 Å². The molecule has 5 heteroatoms. The van der Waals surface area contributed by atoms with Gasteiger partial charge < -0.3 is 10.6 Å². The average Bonchev–Trinajstić information content (AvgIpc) is 2.87. The number of amides is 1. The standard InChI is InChI=1S/C15H14BrN3O/c1-9-6-14(18-8-12(9)16)19-15(20)11-7-17-13-5-3-2-4-10(11)13/h2-6,8,11,17H,7H2,1H3,(H,18,19,20). The van der Waals surface area contributed by atoms with Gasteiger partial charge in [-0.1, -0.05) is 18.2 Å². The highest BCUT2D eigenvalue weighted by Crippen LogP contribution is 2.31. The normalized spacial score (nSPS) is 16.4. The first-order valence-electron chi connectivity index (χ1n) is 6.41. The molecule has 1 aromatic heterocycles. The predicted molar refractivity (Wildman–Crippen MR) is 83.0 cm³/mol. The number of anilines is 2. The first-order chi connectivity index (χ1) is 9.65. The minimum atomic E-state index is -0.169. The molecule has 102 valence electrons. The Balaban J connectivity index is 1.79. The second-order valence-corrected chi connectivity index (χ2v) is 5.68. The van der Waals surface area contributed by atoms with Gasteiger partial charge in [-0.3, -0.25) is 4.79 Å². The maximum absolute atomic E-state index is 12.4. The van der Waals surface area contributed by atoms with Gasteiger partial charge in [0, 0.05) is 22.9 Å². The minimum absolute atomic E-state index is 0.0309. The lowest BCUT2D eigenvalue weighted by Gasteiger charge is -2.11. The third kappa shape index (κ3) is 2.41. The van der Waals surface area contributed by atoms with Crippen molar-refractivity contribution in [2.45, 2.75) is 12.8 Å². The molecule has 3 rings (SSSR count). The molecule has 0 saturated heterocycles. The fourth-order valence-electron chi connectivity index (χ4n) is 2.34. The number of aromatic nitrogens is 1. The number of rotatable bonds is 2. The monoisotopic (exact) mass is 331 g/mol. The van der Waals surface area contributed by atoms with Crippen molar-refractivity contribution in [3.05, 3.63) is 52.1 Å². The third-order valence-electron chi connectivity index (χ3n) is 3.45. The van der Waals surface area contributed by atoms with E-state index in [1.165, 1.54) is 0 Å². The highest BCUT2D eigenvalue weighted by molar-refractivity contribution is 9.10. The minimum Gasteiger partial charge on any atom is -0.384 e. The molecule has 1 aliphatic rings. The van der Waals surface area contributed by atoms with Crippen LogP contribution in [0.15, 0.2) is 41.0 Å². The number of benzene rings is 1. The fourth-order valence-corrected chi connectivity index (χ4v) is 2.56. The number of halogens is 1. The summed E-state index contributed by atoms with van der Waals surface area (Å²) in [6.07, 6.45) is 1.70. The van der Waals surface area contributed by atoms with Crippen LogP contribution in [0.1, 0.15) is 17.0 Å². The summed E-state index contributed by atoms with van der Waals surface area (Å²) >= 11 is 3.40. The lowest BCUT2D eigenvalue weighted by atomic mass is 10.0. The number of carbonyl (C=O) groups is 1. The number of para-hydroxylation sites is 1. The zero-order valence-electron chi connectivity index (χ0n) is 11.0. The Morgan fingerprint density at radius 1 is 1.45 bits per heavy atom. The van der Waals surface area contributed by atoms with Crippen molar-refractivity contribution in [1.82, 2.24) is 4.98 Å². The van der Waals surface area contributed by atoms with Crippen LogP contribution in [-0.4, -0.2) is 17.4 Å². The van der Waals surface area contributed by atoms with Crippen LogP contribution >= 0.6 is 15.9 Å². The summed E-state index contributed by atoms with van der Waals surface area (Å²) in [6, 6.07) is 9.75. The van der Waals surface area contributed by atoms with Gasteiger partial charge in [-0.15, -0.1) is 0 Å². The van der Waals surface area contributed by atoms with Crippen LogP contribution in [0.5, 0.6) is 0 Å². The molecule has 0 aliphatic carbocycles. The molecule has 0 bridgehead atoms. The van der Waals surface area contributed by atoms with E-state index in [0.29, 0.717) is 12.4 Å². The lowest BCUT2D eigenvalue weighted by Crippen LogP contribution is -2.23. The Kier molecular flexibility index (Phi) is 3.44. The summed E-state index contributed by atoms with van der Waals surface area (Å²) in [7, 11) is 0. The number of nitrogens with zero attached hydrogens (tertiary/aromatic N) is 1. The van der Waals surface area contributed by atoms with Crippen molar-refractivity contribution >= 4 is 33.3 Å². The fraction of sp³-hybridized carbons (Fsp3) is 0.200. The van der Waals surface area contributed by atoms with Gasteiger partial charge in [0.25, 0.3) is 0 Å². The third-order valence-corrected chi connectivity index (χ3v) is 4.28. The number of pyridine rings is 1. The van der Waals surface area contributed by atoms with E-state index in [1.807, 2.05) is 37.3 Å². The number of fused-ring (bicyclic) bond motifs is 1. The van der Waals surface area contributed by atoms with Crippen LogP contribution in [0.4, 0.5) is 11.5 Å². The van der Waals surface area contributed by atoms with Gasteiger partial charge >= 0.3 is 0 Å². The number of aryl methyl sites for hydroxylation is 1. The topological polar surface area (TPSA) is 54.0 Å². The quantitative estimate of drug-likeness (QED) is 0.887. The van der Waals surface area contributed by atoms with E-state index >= 15 is 0 Å². The van der Waals surface area contributed by atoms with Gasteiger partial charge in [-0.2, -0.15) is 0 Å². The van der Waals surface area contributed by atoms with Crippen LogP contribution < -0.4 is 10.6 Å². The Hall–Kier alpha value is -1.88. The van der Waals surface area contributed by atoms with Crippen molar-refractivity contribution in [1.29, 1.82) is 0 Å². The molecule has 1 unspecified atom stereocenters. The van der Waals surface area contributed by atoms with E-state index < -0.39 is 0 Å². The molecule has 2 N–H and O–H groups in total. The van der Waals surface area contributed by atoms with Gasteiger partial charge in [-0.05, 0) is 46.1 Å². The van der Waals surface area contributed by atoms with Crippen molar-refractivity contribution < 1.29 is 4.79 Å². The summed E-state index contributed by atoms with van der Waals surface area (Å²) in [5.74, 6) is 0.383. The van der Waals surface area contributed by atoms with Crippen LogP contribution in [0.25, 0.3) is 0 Å². The van der Waals surface area contributed by atoms with Gasteiger partial charge in [0.1, 0.15) is 5.82 Å². The summed E-state index contributed by atoms with van der Waals surface area (Å²) in [6.45, 7) is 2.59. The Labute approximate surface area is 125 Å². The highest BCUT2D eigenvalue weighted by atomic mass is 79.9. The summed E-state index contributed by atoms with van der Waals surface area (Å²) in [5, 5.41) is 6.13. The molecule has 1 atom stereocenters. The molecule has 0 fully saturated rings. The van der Waals surface area contributed by atoms with Crippen molar-refractivity contribution in [3.63, 3.8) is 0 Å². The molecular formula is C15H14BrN3O. The molecule has 1 aromatic carbocycles. The summed E-state index contributed by atoms with van der Waals surface area (Å²) in [5.41, 5.74) is 3.12. The summed E-state index contributed by atoms with van der Waals surface area (Å²) < 4.78 is 0.934. The van der Waals surface area contributed by atoms with Crippen molar-refractivity contribution in [2.75, 3.05) is 17.2 Å². The van der Waals surface area contributed by atoms with E-state index in [1.54, 1.807) is 6.20 Å². The van der Waals surface area contributed by atoms with Crippen LogP contribution in [0.3, 0.4) is 0 Å². The SMILES string of the molecule is Cc1cc(NC(=O)C2CNc3ccccc32)ncc1Br. The van der Waals surface area contributed by atoms with Crippen LogP contribution in [0.2, 0.25) is 0 Å². The molecule has 4 nitrogen and oxygen atoms in total. The maximum Gasteiger partial charge on any atom is 0.234 e. The number of hydrogen-bond acceptors (Lipinski definition) is 3. The first kappa shape index (κ1) is 13.1. The first-order valence-corrected chi connectivity index (χ1v) is 7.20. The molecule has 2 aromatic rings. The zero-order valence-corrected chi connectivity index (χ0v) is 12.6. The zero-order chi connectivity index (χ0) is 14.1. The number of carbonyl (C=O) groups excluding carboxylic acids is 1. The predicted octanol–water partition coefficient (Wildman–Crippen LogP) is 3.30. The molecule has 20 heavy (non-hydrogen) atoms. The van der Waals surface area contributed by atoms with Crippen LogP contribution in [-0.2, 0) is 4.79 Å². The molecule has 0 spiro atoms. The summed E-state index contributed by atoms with van der Waals surface area (Å²) in [4.78, 5) is 16.6. The Bertz CT molecular complexity index is 672. The average molecular weight is 332 g/mol. The molecular weight excluding hydrogens is 318 g/mol. The number of nitrogens with one attached hydrogen (secondary N) is 2. The van der Waals surface area contributed by atoms with Crippen LogP contribution in [0, 0.1) is 6.92 Å². The molecule has 0 radical (unpaired) electrons. The van der Waals surface area contributed by atoms with Crippen molar-refractivity contribution in [2.24, 2.45) is 0 Å². The second kappa shape index (κ2) is 5.25. The second-order valence-electron chi connectivity index (χ2n) is 4.83. The van der Waals surface area contributed by atoms with E-state index in [-0.39, 0.29) is 11.8 Å². The molecule has 0 saturated carbocycles. The molecule has 1 amide bonds. The number of hydrogen-bond donors (Lipinski definition) is 2. The van der Waals surface area contributed by atoms with Gasteiger partial charge in [0.15, 0.2) is 0 Å². The highest BCUT2D eigenvalue weighted by Gasteiger charge is 2.28. The van der Waals surface area contributed by atoms with E-state index in [0.717, 1.165) is 21.3 Å². The molecule has 2 heterocycles. The Morgan fingerprint density at radius 2 is 2.25 bits per heavy atom. The van der Waals surface area contributed by atoms with Crippen molar-refractivity contribution in [3.8, 4) is 0 Å². The lowest BCUT2D eigenvalue weighted by molar-refractivity contribution is -0.117. The largest absolute Gasteiger partial charge is 0.384 e. The smallest absolute Gasteiger partial charge is 0.234 e. The van der Waals surface area contributed by atoms with Gasteiger partial charge in [-0.25, -0.2) is 4.98 Å². The Morgan fingerprint density at radius 3 is 3.05 bits per heavy atom. The molecule has 1 aliphatic heterocycles. The van der Waals surface area contributed by atoms with Gasteiger partial charge in [0.2, 0.25) is 5.91 Å². The van der Waals surface area contributed by atoms with E-state index in [4.69, 9.17) is 0 Å². The maximum atomic E-state index is 12.4.